The minimum atomic E-state index is -4.01. The smallest absolute Gasteiger partial charge is 0.748 e. The van der Waals surface area contributed by atoms with Gasteiger partial charge in [-0.2, -0.15) is 0 Å². The Morgan fingerprint density at radius 1 is 0.433 bits per heavy atom. The fourth-order valence-corrected chi connectivity index (χ4v) is 4.48. The number of unbranched alkanes of at least 4 members (excludes halogenated alkanes) is 21. The number of hydrogen-bond acceptors (Lipinski definition) is 4. The SMILES string of the molecule is O=S(=O)([O-])CCCCCCCCCCCCCCCCCCCCCCCCO.[K+]. The molecule has 0 spiro atoms. The number of aliphatic hydroxyl groups is 1. The minimum Gasteiger partial charge on any atom is -0.748 e. The van der Waals surface area contributed by atoms with Gasteiger partial charge in [0.15, 0.2) is 0 Å². The molecule has 6 heteroatoms. The van der Waals surface area contributed by atoms with E-state index in [-0.39, 0.29) is 57.1 Å². The van der Waals surface area contributed by atoms with Crippen molar-refractivity contribution in [2.24, 2.45) is 0 Å². The van der Waals surface area contributed by atoms with Gasteiger partial charge in [-0.05, 0) is 12.8 Å². The van der Waals surface area contributed by atoms with Crippen LogP contribution < -0.4 is 51.4 Å². The Bertz CT molecular complexity index is 415. The molecule has 0 amide bonds. The summed E-state index contributed by atoms with van der Waals surface area (Å²) in [6, 6.07) is 0. The molecule has 30 heavy (non-hydrogen) atoms. The molecule has 0 bridgehead atoms. The quantitative estimate of drug-likeness (QED) is 0.130. The molecule has 0 fully saturated rings. The molecule has 0 radical (unpaired) electrons. The van der Waals surface area contributed by atoms with Crippen LogP contribution in [0.2, 0.25) is 0 Å². The summed E-state index contributed by atoms with van der Waals surface area (Å²) >= 11 is 0. The van der Waals surface area contributed by atoms with E-state index in [0.29, 0.717) is 13.0 Å². The van der Waals surface area contributed by atoms with Gasteiger partial charge in [-0.3, -0.25) is 0 Å². The summed E-state index contributed by atoms with van der Waals surface area (Å²) < 4.78 is 31.5. The van der Waals surface area contributed by atoms with Crippen molar-refractivity contribution in [2.45, 2.75) is 141 Å². The van der Waals surface area contributed by atoms with E-state index in [1.165, 1.54) is 116 Å². The third-order valence-electron chi connectivity index (χ3n) is 5.80. The molecule has 0 aliphatic rings. The normalized spacial score (nSPS) is 11.5. The van der Waals surface area contributed by atoms with Crippen molar-refractivity contribution >= 4 is 10.1 Å². The van der Waals surface area contributed by atoms with Gasteiger partial charge < -0.3 is 9.66 Å². The maximum Gasteiger partial charge on any atom is 1.00 e. The van der Waals surface area contributed by atoms with Gasteiger partial charge in [0.2, 0.25) is 0 Å². The molecule has 1 N–H and O–H groups in total. The summed E-state index contributed by atoms with van der Waals surface area (Å²) in [5, 5.41) is 8.73. The molecule has 0 aromatic heterocycles. The van der Waals surface area contributed by atoms with Crippen molar-refractivity contribution < 1.29 is 69.5 Å². The predicted molar refractivity (Wildman–Crippen MR) is 123 cm³/mol. The molecule has 4 nitrogen and oxygen atoms in total. The van der Waals surface area contributed by atoms with Crippen LogP contribution in [0.1, 0.15) is 141 Å². The molecule has 0 rings (SSSR count). The second-order valence-corrected chi connectivity index (χ2v) is 10.3. The van der Waals surface area contributed by atoms with Crippen LogP contribution in [-0.2, 0) is 10.1 Å². The van der Waals surface area contributed by atoms with Crippen LogP contribution in [0.25, 0.3) is 0 Å². The number of rotatable bonds is 24. The Hall–Kier alpha value is 1.51. The first-order valence-electron chi connectivity index (χ1n) is 12.6. The zero-order valence-electron chi connectivity index (χ0n) is 20.1. The zero-order valence-corrected chi connectivity index (χ0v) is 24.0. The third kappa shape index (κ3) is 31.7. The van der Waals surface area contributed by atoms with Gasteiger partial charge in [0.1, 0.15) is 0 Å². The average molecular weight is 473 g/mol. The third-order valence-corrected chi connectivity index (χ3v) is 6.59. The molecule has 0 heterocycles. The van der Waals surface area contributed by atoms with Crippen LogP contribution in [0, 0.1) is 0 Å². The van der Waals surface area contributed by atoms with Crippen molar-refractivity contribution in [1.29, 1.82) is 0 Å². The Balaban J connectivity index is 0. The topological polar surface area (TPSA) is 77.4 Å². The molecular weight excluding hydrogens is 423 g/mol. The molecule has 0 aromatic rings. The Kier molecular flexibility index (Phi) is 30.0. The van der Waals surface area contributed by atoms with E-state index in [2.05, 4.69) is 0 Å². The van der Waals surface area contributed by atoms with Gasteiger partial charge in [0.05, 0.1) is 10.1 Å². The number of hydrogen-bond donors (Lipinski definition) is 1. The summed E-state index contributed by atoms with van der Waals surface area (Å²) in [5.41, 5.74) is 0. The minimum absolute atomic E-state index is 0. The Labute approximate surface area is 230 Å². The summed E-state index contributed by atoms with van der Waals surface area (Å²) in [4.78, 5) is 0. The maximum absolute atomic E-state index is 10.5. The van der Waals surface area contributed by atoms with Crippen molar-refractivity contribution in [1.82, 2.24) is 0 Å². The van der Waals surface area contributed by atoms with Crippen LogP contribution in [0.5, 0.6) is 0 Å². The summed E-state index contributed by atoms with van der Waals surface area (Å²) in [6.07, 6.45) is 27.6. The van der Waals surface area contributed by atoms with E-state index in [4.69, 9.17) is 5.11 Å². The van der Waals surface area contributed by atoms with Crippen molar-refractivity contribution in [3.05, 3.63) is 0 Å². The second kappa shape index (κ2) is 26.8. The van der Waals surface area contributed by atoms with Crippen molar-refractivity contribution in [2.75, 3.05) is 12.4 Å². The summed E-state index contributed by atoms with van der Waals surface area (Å²) in [6.45, 7) is 0.352. The van der Waals surface area contributed by atoms with E-state index in [1.807, 2.05) is 0 Å². The van der Waals surface area contributed by atoms with Crippen LogP contribution >= 0.6 is 0 Å². The van der Waals surface area contributed by atoms with E-state index in [9.17, 15) is 13.0 Å². The monoisotopic (exact) mass is 472 g/mol. The average Bonchev–Trinajstić information content (AvgIpc) is 2.67. The van der Waals surface area contributed by atoms with Crippen LogP contribution in [0.15, 0.2) is 0 Å². The van der Waals surface area contributed by atoms with Gasteiger partial charge in [0.25, 0.3) is 0 Å². The van der Waals surface area contributed by atoms with E-state index in [1.54, 1.807) is 0 Å². The molecule has 176 valence electrons. The largest absolute Gasteiger partial charge is 1.00 e. The van der Waals surface area contributed by atoms with E-state index in [0.717, 1.165) is 19.3 Å². The molecule has 0 aromatic carbocycles. The molecule has 0 atom stereocenters. The molecule has 0 aliphatic carbocycles. The summed E-state index contributed by atoms with van der Waals surface area (Å²) in [7, 11) is -4.01. The standard InChI is InChI=1S/C24H50O4S.K/c25-23-21-19-17-15-13-11-9-7-5-3-1-2-4-6-8-10-12-14-16-18-20-22-24-29(26,27)28;/h25H,1-24H2,(H,26,27,28);/q;+1/p-1. The maximum atomic E-state index is 10.5. The van der Waals surface area contributed by atoms with Gasteiger partial charge in [-0.15, -0.1) is 0 Å². The van der Waals surface area contributed by atoms with Crippen molar-refractivity contribution in [3.8, 4) is 0 Å². The molecule has 0 aliphatic heterocycles. The van der Waals surface area contributed by atoms with Gasteiger partial charge >= 0.3 is 51.4 Å². The van der Waals surface area contributed by atoms with E-state index < -0.39 is 10.1 Å². The van der Waals surface area contributed by atoms with Crippen LogP contribution in [0.4, 0.5) is 0 Å². The van der Waals surface area contributed by atoms with E-state index >= 15 is 0 Å². The molecular formula is C24H49KO4S. The molecule has 0 saturated heterocycles. The van der Waals surface area contributed by atoms with Crippen LogP contribution in [0.3, 0.4) is 0 Å². The first-order chi connectivity index (χ1) is 14.1. The van der Waals surface area contributed by atoms with Gasteiger partial charge in [-0.25, -0.2) is 8.42 Å². The first-order valence-corrected chi connectivity index (χ1v) is 14.2. The van der Waals surface area contributed by atoms with Crippen LogP contribution in [-0.4, -0.2) is 30.4 Å². The second-order valence-electron chi connectivity index (χ2n) is 8.76. The van der Waals surface area contributed by atoms with Gasteiger partial charge in [-0.1, -0.05) is 128 Å². The van der Waals surface area contributed by atoms with Gasteiger partial charge in [0, 0.05) is 12.4 Å². The first kappa shape index (κ1) is 33.7. The molecule has 0 saturated carbocycles. The van der Waals surface area contributed by atoms with Crippen molar-refractivity contribution in [3.63, 3.8) is 0 Å². The molecule has 0 unspecified atom stereocenters. The fourth-order valence-electron chi connectivity index (χ4n) is 3.93. The number of aliphatic hydroxyl groups excluding tert-OH is 1. The predicted octanol–water partition coefficient (Wildman–Crippen LogP) is 4.11. The Morgan fingerprint density at radius 2 is 0.633 bits per heavy atom. The fraction of sp³-hybridized carbons (Fsp3) is 1.00. The Morgan fingerprint density at radius 3 is 0.833 bits per heavy atom. The summed E-state index contributed by atoms with van der Waals surface area (Å²) in [5.74, 6) is -0.195. The zero-order chi connectivity index (χ0) is 21.5.